The zero-order valence-electron chi connectivity index (χ0n) is 8.55. The largest absolute Gasteiger partial charge is 0.475 e. The van der Waals surface area contributed by atoms with E-state index in [0.29, 0.717) is 5.78 Å². The molecule has 2 aromatic rings. The fraction of sp³-hybridized carbons (Fsp3) is 0.400. The summed E-state index contributed by atoms with van der Waals surface area (Å²) < 4.78 is 1.57. The molecule has 0 unspecified atom stereocenters. The predicted octanol–water partition coefficient (Wildman–Crippen LogP) is 0.701. The average molecular weight is 218 g/mol. The SMILES string of the molecule is O=C(O)c1nc2ncc3c(n2n1)CCCC3. The number of carboxylic acid groups (broad SMARTS) is 1. The van der Waals surface area contributed by atoms with Crippen LogP contribution in [-0.4, -0.2) is 30.7 Å². The van der Waals surface area contributed by atoms with Crippen molar-refractivity contribution in [3.8, 4) is 0 Å². The van der Waals surface area contributed by atoms with Crippen LogP contribution in [0.4, 0.5) is 0 Å². The lowest BCUT2D eigenvalue weighted by Gasteiger charge is -2.14. The summed E-state index contributed by atoms with van der Waals surface area (Å²) in [7, 11) is 0. The lowest BCUT2D eigenvalue weighted by Crippen LogP contribution is -2.11. The smallest absolute Gasteiger partial charge is 0.375 e. The molecule has 16 heavy (non-hydrogen) atoms. The van der Waals surface area contributed by atoms with E-state index in [9.17, 15) is 4.79 Å². The van der Waals surface area contributed by atoms with Crippen molar-refractivity contribution in [2.24, 2.45) is 0 Å². The van der Waals surface area contributed by atoms with Gasteiger partial charge < -0.3 is 5.11 Å². The molecule has 82 valence electrons. The van der Waals surface area contributed by atoms with E-state index >= 15 is 0 Å². The van der Waals surface area contributed by atoms with E-state index in [1.807, 2.05) is 0 Å². The first-order valence-corrected chi connectivity index (χ1v) is 5.22. The number of aromatic carboxylic acids is 1. The van der Waals surface area contributed by atoms with Gasteiger partial charge in [-0.15, -0.1) is 5.10 Å². The van der Waals surface area contributed by atoms with E-state index in [1.165, 1.54) is 0 Å². The van der Waals surface area contributed by atoms with E-state index in [1.54, 1.807) is 10.7 Å². The lowest BCUT2D eigenvalue weighted by atomic mass is 9.98. The van der Waals surface area contributed by atoms with E-state index in [2.05, 4.69) is 15.1 Å². The monoisotopic (exact) mass is 218 g/mol. The topological polar surface area (TPSA) is 80.4 Å². The zero-order valence-corrected chi connectivity index (χ0v) is 8.55. The number of carboxylic acids is 1. The van der Waals surface area contributed by atoms with Crippen LogP contribution in [0.15, 0.2) is 6.20 Å². The van der Waals surface area contributed by atoms with Gasteiger partial charge in [-0.1, -0.05) is 0 Å². The lowest BCUT2D eigenvalue weighted by molar-refractivity contribution is 0.0684. The van der Waals surface area contributed by atoms with Gasteiger partial charge in [0.1, 0.15) is 0 Å². The summed E-state index contributed by atoms with van der Waals surface area (Å²) >= 11 is 0. The molecule has 6 heteroatoms. The number of rotatable bonds is 1. The van der Waals surface area contributed by atoms with Crippen molar-refractivity contribution in [1.82, 2.24) is 19.6 Å². The molecule has 0 saturated heterocycles. The van der Waals surface area contributed by atoms with Gasteiger partial charge in [0, 0.05) is 6.20 Å². The van der Waals surface area contributed by atoms with Gasteiger partial charge in [0.2, 0.25) is 0 Å². The highest BCUT2D eigenvalue weighted by molar-refractivity contribution is 5.83. The van der Waals surface area contributed by atoms with Crippen molar-refractivity contribution in [1.29, 1.82) is 0 Å². The van der Waals surface area contributed by atoms with Crippen LogP contribution in [0.3, 0.4) is 0 Å². The molecule has 3 rings (SSSR count). The fourth-order valence-electron chi connectivity index (χ4n) is 2.09. The second-order valence-electron chi connectivity index (χ2n) is 3.89. The van der Waals surface area contributed by atoms with E-state index in [0.717, 1.165) is 36.9 Å². The molecule has 0 spiro atoms. The zero-order chi connectivity index (χ0) is 11.1. The summed E-state index contributed by atoms with van der Waals surface area (Å²) in [6.45, 7) is 0. The van der Waals surface area contributed by atoms with Gasteiger partial charge >= 0.3 is 5.97 Å². The van der Waals surface area contributed by atoms with Gasteiger partial charge in [0.15, 0.2) is 0 Å². The summed E-state index contributed by atoms with van der Waals surface area (Å²) in [4.78, 5) is 18.8. The van der Waals surface area contributed by atoms with E-state index < -0.39 is 5.97 Å². The molecular weight excluding hydrogens is 208 g/mol. The molecule has 0 fully saturated rings. The van der Waals surface area contributed by atoms with E-state index in [-0.39, 0.29) is 5.82 Å². The van der Waals surface area contributed by atoms with Crippen LogP contribution >= 0.6 is 0 Å². The molecule has 0 saturated carbocycles. The van der Waals surface area contributed by atoms with Crippen LogP contribution in [-0.2, 0) is 12.8 Å². The Labute approximate surface area is 91.0 Å². The Balaban J connectivity index is 2.26. The maximum atomic E-state index is 10.8. The molecule has 0 aromatic carbocycles. The molecule has 0 aliphatic heterocycles. The Morgan fingerprint density at radius 1 is 1.38 bits per heavy atom. The van der Waals surface area contributed by atoms with Gasteiger partial charge in [0.05, 0.1) is 5.69 Å². The van der Waals surface area contributed by atoms with Gasteiger partial charge in [-0.25, -0.2) is 14.3 Å². The van der Waals surface area contributed by atoms with Crippen molar-refractivity contribution in [2.45, 2.75) is 25.7 Å². The highest BCUT2D eigenvalue weighted by Gasteiger charge is 2.18. The fourth-order valence-corrected chi connectivity index (χ4v) is 2.09. The molecule has 0 radical (unpaired) electrons. The number of nitrogens with zero attached hydrogens (tertiary/aromatic N) is 4. The van der Waals surface area contributed by atoms with Crippen LogP contribution in [0.2, 0.25) is 0 Å². The summed E-state index contributed by atoms with van der Waals surface area (Å²) in [5.74, 6) is -0.931. The molecule has 6 nitrogen and oxygen atoms in total. The molecule has 0 bridgehead atoms. The van der Waals surface area contributed by atoms with E-state index in [4.69, 9.17) is 5.11 Å². The molecule has 2 heterocycles. The Morgan fingerprint density at radius 2 is 2.19 bits per heavy atom. The first-order valence-electron chi connectivity index (χ1n) is 5.22. The number of fused-ring (bicyclic) bond motifs is 3. The maximum Gasteiger partial charge on any atom is 0.375 e. The standard InChI is InChI=1S/C10H10N4O2/c15-9(16)8-12-10-11-5-6-3-1-2-4-7(6)14(10)13-8/h5H,1-4H2,(H,15,16). The van der Waals surface area contributed by atoms with Crippen molar-refractivity contribution in [2.75, 3.05) is 0 Å². The Hall–Kier alpha value is -1.98. The summed E-state index contributed by atoms with van der Waals surface area (Å²) in [5.41, 5.74) is 2.21. The third-order valence-corrected chi connectivity index (χ3v) is 2.85. The molecule has 1 aliphatic rings. The summed E-state index contributed by atoms with van der Waals surface area (Å²) in [6.07, 6.45) is 5.94. The van der Waals surface area contributed by atoms with Crippen molar-refractivity contribution >= 4 is 11.7 Å². The molecule has 0 amide bonds. The van der Waals surface area contributed by atoms with Gasteiger partial charge in [0.25, 0.3) is 11.6 Å². The third-order valence-electron chi connectivity index (χ3n) is 2.85. The Morgan fingerprint density at radius 3 is 3.00 bits per heavy atom. The number of aromatic nitrogens is 4. The van der Waals surface area contributed by atoms with Crippen LogP contribution in [0.5, 0.6) is 0 Å². The second-order valence-corrected chi connectivity index (χ2v) is 3.89. The molecule has 1 aliphatic carbocycles. The first-order chi connectivity index (χ1) is 7.75. The molecule has 2 aromatic heterocycles. The van der Waals surface area contributed by atoms with Crippen LogP contribution in [0.1, 0.15) is 34.7 Å². The summed E-state index contributed by atoms with van der Waals surface area (Å²) in [6, 6.07) is 0. The van der Waals surface area contributed by atoms with Gasteiger partial charge in [-0.3, -0.25) is 0 Å². The first kappa shape index (κ1) is 9.26. The van der Waals surface area contributed by atoms with Crippen LogP contribution < -0.4 is 0 Å². The highest BCUT2D eigenvalue weighted by Crippen LogP contribution is 2.20. The van der Waals surface area contributed by atoms with Crippen LogP contribution in [0.25, 0.3) is 5.78 Å². The third kappa shape index (κ3) is 1.26. The maximum absolute atomic E-state index is 10.8. The quantitative estimate of drug-likeness (QED) is 0.762. The average Bonchev–Trinajstić information content (AvgIpc) is 2.73. The molecule has 1 N–H and O–H groups in total. The van der Waals surface area contributed by atoms with Crippen LogP contribution in [0, 0.1) is 0 Å². The molecule has 0 atom stereocenters. The normalized spacial score (nSPS) is 15.0. The Bertz CT molecular complexity index is 575. The summed E-state index contributed by atoms with van der Waals surface area (Å²) in [5, 5.41) is 12.8. The van der Waals surface area contributed by atoms with Gasteiger partial charge in [-0.2, -0.15) is 4.98 Å². The number of hydrogen-bond acceptors (Lipinski definition) is 4. The molecular formula is C10H10N4O2. The minimum atomic E-state index is -1.12. The predicted molar refractivity (Wildman–Crippen MR) is 54.4 cm³/mol. The van der Waals surface area contributed by atoms with Gasteiger partial charge in [-0.05, 0) is 31.2 Å². The Kier molecular flexibility index (Phi) is 1.89. The van der Waals surface area contributed by atoms with Crippen molar-refractivity contribution in [3.05, 3.63) is 23.3 Å². The van der Waals surface area contributed by atoms with Crippen molar-refractivity contribution < 1.29 is 9.90 Å². The number of hydrogen-bond donors (Lipinski definition) is 1. The van der Waals surface area contributed by atoms with Crippen molar-refractivity contribution in [3.63, 3.8) is 0 Å². The second kappa shape index (κ2) is 3.26. The number of aryl methyl sites for hydroxylation is 2. The minimum Gasteiger partial charge on any atom is -0.475 e. The minimum absolute atomic E-state index is 0.188. The number of carbonyl (C=O) groups is 1. The highest BCUT2D eigenvalue weighted by atomic mass is 16.4.